The van der Waals surface area contributed by atoms with E-state index in [9.17, 15) is 0 Å². The van der Waals surface area contributed by atoms with Crippen molar-refractivity contribution in [1.82, 2.24) is 14.8 Å². The molecule has 0 spiro atoms. The molecule has 3 aromatic carbocycles. The molecule has 1 aromatic heterocycles. The fraction of sp³-hybridized carbons (Fsp3) is 0.182. The van der Waals surface area contributed by atoms with Crippen LogP contribution in [0.5, 0.6) is 0 Å². The summed E-state index contributed by atoms with van der Waals surface area (Å²) >= 11 is 0. The lowest BCUT2D eigenvalue weighted by Crippen LogP contribution is -2.04. The minimum Gasteiger partial charge on any atom is -0.217 e. The number of rotatable bonds is 4. The van der Waals surface area contributed by atoms with Gasteiger partial charge in [0.1, 0.15) is 5.82 Å². The minimum absolute atomic E-state index is 0.789. The molecule has 3 heteroatoms. The van der Waals surface area contributed by atoms with Crippen LogP contribution in [0.1, 0.15) is 24.7 Å². The quantitative estimate of drug-likeness (QED) is 0.506. The largest absolute Gasteiger partial charge is 0.217 e. The van der Waals surface area contributed by atoms with Crippen molar-refractivity contribution in [2.45, 2.75) is 26.7 Å². The lowest BCUT2D eigenvalue weighted by Gasteiger charge is -2.07. The Kier molecular flexibility index (Phi) is 4.06. The molecular weight excluding hydrogens is 306 g/mol. The molecule has 0 aliphatic heterocycles. The molecule has 1 heterocycles. The molecule has 0 aliphatic carbocycles. The van der Waals surface area contributed by atoms with Gasteiger partial charge in [0, 0.05) is 12.0 Å². The molecule has 124 valence electrons. The second-order valence-corrected chi connectivity index (χ2v) is 6.36. The molecule has 4 aromatic rings. The fourth-order valence-corrected chi connectivity index (χ4v) is 3.17. The first-order chi connectivity index (χ1) is 12.3. The van der Waals surface area contributed by atoms with Crippen LogP contribution in [0.15, 0.2) is 66.7 Å². The Morgan fingerprint density at radius 1 is 0.880 bits per heavy atom. The highest BCUT2D eigenvalue weighted by atomic mass is 15.4. The van der Waals surface area contributed by atoms with Crippen LogP contribution >= 0.6 is 0 Å². The molecule has 0 radical (unpaired) electrons. The van der Waals surface area contributed by atoms with E-state index in [0.29, 0.717) is 0 Å². The molecule has 4 rings (SSSR count). The SMILES string of the molecule is CCCc1nc(-c2ccc3ccccc3c2)nn1-c1ccccc1C. The zero-order valence-corrected chi connectivity index (χ0v) is 14.6. The first-order valence-electron chi connectivity index (χ1n) is 8.77. The maximum Gasteiger partial charge on any atom is 0.181 e. The highest BCUT2D eigenvalue weighted by Crippen LogP contribution is 2.24. The van der Waals surface area contributed by atoms with Gasteiger partial charge in [0.05, 0.1) is 5.69 Å². The second-order valence-electron chi connectivity index (χ2n) is 6.36. The average Bonchev–Trinajstić information content (AvgIpc) is 3.06. The standard InChI is InChI=1S/C22H21N3/c1-3-8-21-23-22(24-25(21)20-12-7-4-9-16(20)2)19-14-13-17-10-5-6-11-18(17)15-19/h4-7,9-15H,3,8H2,1-2H3. The van der Waals surface area contributed by atoms with Gasteiger partial charge in [0.2, 0.25) is 0 Å². The van der Waals surface area contributed by atoms with Gasteiger partial charge in [-0.1, -0.05) is 61.5 Å². The van der Waals surface area contributed by atoms with Gasteiger partial charge in [-0.25, -0.2) is 9.67 Å². The zero-order valence-electron chi connectivity index (χ0n) is 14.6. The lowest BCUT2D eigenvalue weighted by atomic mass is 10.1. The maximum atomic E-state index is 4.85. The molecule has 25 heavy (non-hydrogen) atoms. The third-order valence-corrected chi connectivity index (χ3v) is 4.50. The van der Waals surface area contributed by atoms with Crippen molar-refractivity contribution in [2.75, 3.05) is 0 Å². The van der Waals surface area contributed by atoms with Crippen molar-refractivity contribution < 1.29 is 0 Å². The minimum atomic E-state index is 0.789. The number of benzene rings is 3. The monoisotopic (exact) mass is 327 g/mol. The summed E-state index contributed by atoms with van der Waals surface area (Å²) in [6, 6.07) is 23.1. The number of para-hydroxylation sites is 1. The van der Waals surface area contributed by atoms with E-state index < -0.39 is 0 Å². The van der Waals surface area contributed by atoms with Crippen LogP contribution in [0, 0.1) is 6.92 Å². The fourth-order valence-electron chi connectivity index (χ4n) is 3.17. The number of fused-ring (bicyclic) bond motifs is 1. The van der Waals surface area contributed by atoms with Crippen molar-refractivity contribution in [3.8, 4) is 17.1 Å². The summed E-state index contributed by atoms with van der Waals surface area (Å²) in [4.78, 5) is 4.85. The second kappa shape index (κ2) is 6.52. The predicted molar refractivity (Wildman–Crippen MR) is 103 cm³/mol. The summed E-state index contributed by atoms with van der Waals surface area (Å²) in [7, 11) is 0. The van der Waals surface area contributed by atoms with Gasteiger partial charge in [-0.2, -0.15) is 0 Å². The van der Waals surface area contributed by atoms with E-state index >= 15 is 0 Å². The molecule has 0 saturated carbocycles. The van der Waals surface area contributed by atoms with Gasteiger partial charge < -0.3 is 0 Å². The smallest absolute Gasteiger partial charge is 0.181 e. The van der Waals surface area contributed by atoms with E-state index in [1.54, 1.807) is 0 Å². The lowest BCUT2D eigenvalue weighted by molar-refractivity contribution is 0.756. The Balaban J connectivity index is 1.85. The van der Waals surface area contributed by atoms with Crippen LogP contribution < -0.4 is 0 Å². The Morgan fingerprint density at radius 2 is 1.64 bits per heavy atom. The highest BCUT2D eigenvalue weighted by molar-refractivity contribution is 5.86. The van der Waals surface area contributed by atoms with Crippen molar-refractivity contribution in [1.29, 1.82) is 0 Å². The van der Waals surface area contributed by atoms with Crippen LogP contribution in [0.2, 0.25) is 0 Å². The summed E-state index contributed by atoms with van der Waals surface area (Å²) < 4.78 is 2.00. The topological polar surface area (TPSA) is 30.7 Å². The van der Waals surface area contributed by atoms with E-state index in [1.807, 2.05) is 4.68 Å². The normalized spacial score (nSPS) is 11.1. The molecule has 0 amide bonds. The highest BCUT2D eigenvalue weighted by Gasteiger charge is 2.14. The predicted octanol–water partition coefficient (Wildman–Crippen LogP) is 5.35. The Labute approximate surface area is 148 Å². The van der Waals surface area contributed by atoms with Crippen LogP contribution in [-0.4, -0.2) is 14.8 Å². The summed E-state index contributed by atoms with van der Waals surface area (Å²) in [6.07, 6.45) is 1.96. The van der Waals surface area contributed by atoms with Crippen molar-refractivity contribution in [2.24, 2.45) is 0 Å². The van der Waals surface area contributed by atoms with Gasteiger partial charge in [-0.05, 0) is 41.8 Å². The number of nitrogens with zero attached hydrogens (tertiary/aromatic N) is 3. The molecule has 0 bridgehead atoms. The van der Waals surface area contributed by atoms with Gasteiger partial charge in [0.25, 0.3) is 0 Å². The Hall–Kier alpha value is -2.94. The molecule has 0 N–H and O–H groups in total. The molecule has 0 fully saturated rings. The Morgan fingerprint density at radius 3 is 2.44 bits per heavy atom. The van der Waals surface area contributed by atoms with E-state index in [2.05, 4.69) is 80.6 Å². The molecule has 0 aliphatic rings. The van der Waals surface area contributed by atoms with Gasteiger partial charge >= 0.3 is 0 Å². The Bertz CT molecular complexity index is 1030. The summed E-state index contributed by atoms with van der Waals surface area (Å²) in [5.41, 5.74) is 3.36. The molecule has 0 saturated heterocycles. The number of hydrogen-bond acceptors (Lipinski definition) is 2. The van der Waals surface area contributed by atoms with Crippen LogP contribution in [0.4, 0.5) is 0 Å². The molecular formula is C22H21N3. The van der Waals surface area contributed by atoms with Gasteiger partial charge in [-0.3, -0.25) is 0 Å². The third-order valence-electron chi connectivity index (χ3n) is 4.50. The van der Waals surface area contributed by atoms with Crippen LogP contribution in [0.25, 0.3) is 27.8 Å². The van der Waals surface area contributed by atoms with E-state index in [1.165, 1.54) is 16.3 Å². The number of aryl methyl sites for hydroxylation is 2. The molecule has 0 atom stereocenters. The third kappa shape index (κ3) is 2.93. The first kappa shape index (κ1) is 15.6. The molecule has 3 nitrogen and oxygen atoms in total. The van der Waals surface area contributed by atoms with Crippen molar-refractivity contribution in [3.63, 3.8) is 0 Å². The first-order valence-corrected chi connectivity index (χ1v) is 8.77. The summed E-state index contributed by atoms with van der Waals surface area (Å²) in [5.74, 6) is 1.80. The van der Waals surface area contributed by atoms with Crippen LogP contribution in [0.3, 0.4) is 0 Å². The van der Waals surface area contributed by atoms with Gasteiger partial charge in [0.15, 0.2) is 5.82 Å². The molecule has 0 unspecified atom stereocenters. The van der Waals surface area contributed by atoms with E-state index in [0.717, 1.165) is 35.7 Å². The van der Waals surface area contributed by atoms with Crippen LogP contribution in [-0.2, 0) is 6.42 Å². The van der Waals surface area contributed by atoms with Crippen molar-refractivity contribution in [3.05, 3.63) is 78.1 Å². The van der Waals surface area contributed by atoms with E-state index in [4.69, 9.17) is 10.1 Å². The zero-order chi connectivity index (χ0) is 17.2. The van der Waals surface area contributed by atoms with E-state index in [-0.39, 0.29) is 0 Å². The number of hydrogen-bond donors (Lipinski definition) is 0. The average molecular weight is 327 g/mol. The van der Waals surface area contributed by atoms with Gasteiger partial charge in [-0.15, -0.1) is 5.10 Å². The summed E-state index contributed by atoms with van der Waals surface area (Å²) in [5, 5.41) is 7.29. The maximum absolute atomic E-state index is 4.85. The van der Waals surface area contributed by atoms with Crippen molar-refractivity contribution >= 4 is 10.8 Å². The number of aromatic nitrogens is 3. The summed E-state index contributed by atoms with van der Waals surface area (Å²) in [6.45, 7) is 4.29.